The lowest BCUT2D eigenvalue weighted by atomic mass is 9.84. The molecule has 1 fully saturated rings. The maximum atomic E-state index is 13.3. The summed E-state index contributed by atoms with van der Waals surface area (Å²) >= 11 is 5.85. The molecule has 5 heteroatoms. The second-order valence-corrected chi connectivity index (χ2v) is 5.40. The number of nitrogens with two attached hydrogens (primary N) is 1. The summed E-state index contributed by atoms with van der Waals surface area (Å²) in [5.74, 6) is -0.0309. The minimum absolute atomic E-state index is 0.312. The van der Waals surface area contributed by atoms with Gasteiger partial charge in [0.1, 0.15) is 5.82 Å². The predicted molar refractivity (Wildman–Crippen MR) is 71.4 cm³/mol. The summed E-state index contributed by atoms with van der Waals surface area (Å²) in [4.78, 5) is 0. The minimum atomic E-state index is -0.355. The van der Waals surface area contributed by atoms with Crippen molar-refractivity contribution < 1.29 is 9.13 Å². The van der Waals surface area contributed by atoms with E-state index in [0.29, 0.717) is 29.8 Å². The Morgan fingerprint density at radius 2 is 2.33 bits per heavy atom. The highest BCUT2D eigenvalue weighted by molar-refractivity contribution is 6.30. The van der Waals surface area contributed by atoms with E-state index < -0.39 is 0 Å². The van der Waals surface area contributed by atoms with E-state index in [1.807, 2.05) is 6.92 Å². The Labute approximate surface area is 111 Å². The zero-order chi connectivity index (χ0) is 13.2. The van der Waals surface area contributed by atoms with Crippen molar-refractivity contribution in [2.75, 3.05) is 25.1 Å². The lowest BCUT2D eigenvalue weighted by Crippen LogP contribution is -2.49. The SMILES string of the molecule is CC(CN)(Nc1cc(F)cc(Cl)c1)C1CCOC1. The van der Waals surface area contributed by atoms with Gasteiger partial charge in [0.25, 0.3) is 0 Å². The number of benzene rings is 1. The number of nitrogens with one attached hydrogen (secondary N) is 1. The number of rotatable bonds is 4. The van der Waals surface area contributed by atoms with Crippen molar-refractivity contribution in [1.29, 1.82) is 0 Å². The Kier molecular flexibility index (Phi) is 4.10. The summed E-state index contributed by atoms with van der Waals surface area (Å²) < 4.78 is 18.7. The molecule has 18 heavy (non-hydrogen) atoms. The molecule has 1 aromatic rings. The summed E-state index contributed by atoms with van der Waals surface area (Å²) in [5.41, 5.74) is 6.21. The van der Waals surface area contributed by atoms with Gasteiger partial charge in [-0.05, 0) is 31.5 Å². The van der Waals surface area contributed by atoms with Gasteiger partial charge in [0.05, 0.1) is 12.1 Å². The molecule has 2 rings (SSSR count). The predicted octanol–water partition coefficient (Wildman–Crippen LogP) is 2.64. The van der Waals surface area contributed by atoms with Crippen molar-refractivity contribution in [3.63, 3.8) is 0 Å². The van der Waals surface area contributed by atoms with Crippen LogP contribution in [0.4, 0.5) is 10.1 Å². The smallest absolute Gasteiger partial charge is 0.126 e. The van der Waals surface area contributed by atoms with Gasteiger partial charge in [0.2, 0.25) is 0 Å². The lowest BCUT2D eigenvalue weighted by molar-refractivity contribution is 0.172. The zero-order valence-corrected chi connectivity index (χ0v) is 11.1. The third kappa shape index (κ3) is 2.94. The first-order valence-electron chi connectivity index (χ1n) is 6.05. The fourth-order valence-corrected chi connectivity index (χ4v) is 2.53. The number of anilines is 1. The van der Waals surface area contributed by atoms with E-state index in [9.17, 15) is 4.39 Å². The Bertz CT molecular complexity index is 403. The van der Waals surface area contributed by atoms with E-state index in [0.717, 1.165) is 13.0 Å². The van der Waals surface area contributed by atoms with Crippen molar-refractivity contribution >= 4 is 17.3 Å². The normalized spacial score (nSPS) is 22.8. The largest absolute Gasteiger partial charge is 0.381 e. The van der Waals surface area contributed by atoms with Gasteiger partial charge >= 0.3 is 0 Å². The van der Waals surface area contributed by atoms with Crippen LogP contribution in [0.3, 0.4) is 0 Å². The summed E-state index contributed by atoms with van der Waals surface area (Å²) in [6.45, 7) is 3.93. The second-order valence-electron chi connectivity index (χ2n) is 4.97. The molecule has 0 aliphatic carbocycles. The van der Waals surface area contributed by atoms with Crippen LogP contribution in [-0.4, -0.2) is 25.3 Å². The van der Waals surface area contributed by atoms with E-state index in [4.69, 9.17) is 22.1 Å². The van der Waals surface area contributed by atoms with Crippen LogP contribution in [0.5, 0.6) is 0 Å². The van der Waals surface area contributed by atoms with Crippen LogP contribution in [0.25, 0.3) is 0 Å². The van der Waals surface area contributed by atoms with Crippen LogP contribution in [0.2, 0.25) is 5.02 Å². The summed E-state index contributed by atoms with van der Waals surface area (Å²) in [6, 6.07) is 4.41. The molecule has 0 saturated carbocycles. The van der Waals surface area contributed by atoms with Gasteiger partial charge in [-0.25, -0.2) is 4.39 Å². The van der Waals surface area contributed by atoms with Gasteiger partial charge in [0.15, 0.2) is 0 Å². The van der Waals surface area contributed by atoms with Crippen LogP contribution < -0.4 is 11.1 Å². The lowest BCUT2D eigenvalue weighted by Gasteiger charge is -2.35. The Morgan fingerprint density at radius 3 is 2.89 bits per heavy atom. The molecule has 2 atom stereocenters. The first kappa shape index (κ1) is 13.6. The van der Waals surface area contributed by atoms with Crippen molar-refractivity contribution in [1.82, 2.24) is 0 Å². The molecular weight excluding hydrogens is 255 g/mol. The molecule has 0 amide bonds. The highest BCUT2D eigenvalue weighted by atomic mass is 35.5. The molecule has 3 nitrogen and oxygen atoms in total. The molecular formula is C13H18ClFN2O. The standard InChI is InChI=1S/C13H18ClFN2O/c1-13(8-16,9-2-3-18-7-9)17-12-5-10(14)4-11(15)6-12/h4-6,9,17H,2-3,7-8,16H2,1H3. The average molecular weight is 273 g/mol. The Hall–Kier alpha value is -0.840. The molecule has 100 valence electrons. The monoisotopic (exact) mass is 272 g/mol. The molecule has 0 radical (unpaired) electrons. The minimum Gasteiger partial charge on any atom is -0.381 e. The molecule has 1 saturated heterocycles. The number of hydrogen-bond acceptors (Lipinski definition) is 3. The maximum Gasteiger partial charge on any atom is 0.126 e. The molecule has 3 N–H and O–H groups in total. The third-order valence-electron chi connectivity index (χ3n) is 3.55. The van der Waals surface area contributed by atoms with Crippen LogP contribution >= 0.6 is 11.6 Å². The van der Waals surface area contributed by atoms with Crippen LogP contribution in [0.1, 0.15) is 13.3 Å². The number of ether oxygens (including phenoxy) is 1. The van der Waals surface area contributed by atoms with E-state index in [1.54, 1.807) is 6.07 Å². The highest BCUT2D eigenvalue weighted by Crippen LogP contribution is 2.30. The third-order valence-corrected chi connectivity index (χ3v) is 3.77. The Morgan fingerprint density at radius 1 is 1.56 bits per heavy atom. The first-order valence-corrected chi connectivity index (χ1v) is 6.43. The molecule has 1 heterocycles. The average Bonchev–Trinajstić information content (AvgIpc) is 2.81. The maximum absolute atomic E-state index is 13.3. The van der Waals surface area contributed by atoms with Crippen molar-refractivity contribution in [2.45, 2.75) is 18.9 Å². The number of hydrogen-bond donors (Lipinski definition) is 2. The molecule has 0 bridgehead atoms. The van der Waals surface area contributed by atoms with Crippen molar-refractivity contribution in [2.24, 2.45) is 11.7 Å². The van der Waals surface area contributed by atoms with Crippen LogP contribution in [0.15, 0.2) is 18.2 Å². The molecule has 0 aromatic heterocycles. The van der Waals surface area contributed by atoms with Gasteiger partial charge < -0.3 is 15.8 Å². The fraction of sp³-hybridized carbons (Fsp3) is 0.538. The summed E-state index contributed by atoms with van der Waals surface area (Å²) in [7, 11) is 0. The van der Waals surface area contributed by atoms with Gasteiger partial charge in [-0.15, -0.1) is 0 Å². The topological polar surface area (TPSA) is 47.3 Å². The van der Waals surface area contributed by atoms with Crippen LogP contribution in [-0.2, 0) is 4.74 Å². The van der Waals surface area contributed by atoms with E-state index in [2.05, 4.69) is 5.32 Å². The van der Waals surface area contributed by atoms with Gasteiger partial charge in [-0.2, -0.15) is 0 Å². The molecule has 1 aliphatic heterocycles. The molecule has 2 unspecified atom stereocenters. The molecule has 0 spiro atoms. The second kappa shape index (κ2) is 5.43. The Balaban J connectivity index is 2.18. The zero-order valence-electron chi connectivity index (χ0n) is 10.4. The van der Waals surface area contributed by atoms with Crippen LogP contribution in [0, 0.1) is 11.7 Å². The molecule has 1 aliphatic rings. The number of halogens is 2. The van der Waals surface area contributed by atoms with E-state index >= 15 is 0 Å². The highest BCUT2D eigenvalue weighted by Gasteiger charge is 2.35. The van der Waals surface area contributed by atoms with Gasteiger partial charge in [-0.1, -0.05) is 11.6 Å². The molecule has 1 aromatic carbocycles. The van der Waals surface area contributed by atoms with Gasteiger partial charge in [-0.3, -0.25) is 0 Å². The first-order chi connectivity index (χ1) is 8.53. The quantitative estimate of drug-likeness (QED) is 0.886. The van der Waals surface area contributed by atoms with E-state index in [1.165, 1.54) is 12.1 Å². The van der Waals surface area contributed by atoms with Crippen molar-refractivity contribution in [3.05, 3.63) is 29.0 Å². The summed E-state index contributed by atoms with van der Waals surface area (Å²) in [6.07, 6.45) is 0.962. The van der Waals surface area contributed by atoms with E-state index in [-0.39, 0.29) is 11.4 Å². The summed E-state index contributed by atoms with van der Waals surface area (Å²) in [5, 5.41) is 3.67. The fourth-order valence-electron chi connectivity index (χ4n) is 2.31. The van der Waals surface area contributed by atoms with Crippen molar-refractivity contribution in [3.8, 4) is 0 Å². The van der Waals surface area contributed by atoms with Gasteiger partial charge in [0, 0.05) is 29.8 Å².